The Kier molecular flexibility index (Phi) is 4.31. The van der Waals surface area contributed by atoms with E-state index in [-0.39, 0.29) is 30.4 Å². The van der Waals surface area contributed by atoms with Crippen molar-refractivity contribution in [2.45, 2.75) is 31.8 Å². The molecule has 1 aromatic rings. The third kappa shape index (κ3) is 3.08. The molecule has 6 nitrogen and oxygen atoms in total. The molecule has 3 heterocycles. The highest BCUT2D eigenvalue weighted by Gasteiger charge is 2.40. The Morgan fingerprint density at radius 3 is 3.05 bits per heavy atom. The summed E-state index contributed by atoms with van der Waals surface area (Å²) in [5.74, 6) is 0.431. The van der Waals surface area contributed by atoms with Gasteiger partial charge in [-0.05, 0) is 31.9 Å². The third-order valence-corrected chi connectivity index (χ3v) is 4.58. The molecule has 0 radical (unpaired) electrons. The molecule has 2 aliphatic heterocycles. The van der Waals surface area contributed by atoms with E-state index in [1.807, 2.05) is 16.7 Å². The molecule has 3 rings (SSSR count). The van der Waals surface area contributed by atoms with Gasteiger partial charge in [0.25, 0.3) is 0 Å². The van der Waals surface area contributed by atoms with Gasteiger partial charge >= 0.3 is 0 Å². The minimum Gasteiger partial charge on any atom is -0.337 e. The maximum Gasteiger partial charge on any atom is 0.239 e. The van der Waals surface area contributed by atoms with Gasteiger partial charge < -0.3 is 10.2 Å². The summed E-state index contributed by atoms with van der Waals surface area (Å²) in [5, 5.41) is 3.26. The van der Waals surface area contributed by atoms with Crippen LogP contribution in [-0.2, 0) is 9.59 Å². The van der Waals surface area contributed by atoms with Gasteiger partial charge in [0, 0.05) is 25.3 Å². The van der Waals surface area contributed by atoms with E-state index >= 15 is 0 Å². The Labute approximate surface area is 134 Å². The molecule has 118 valence electrons. The molecular weight excluding hydrogens is 304 g/mol. The van der Waals surface area contributed by atoms with E-state index in [1.54, 1.807) is 12.1 Å². The lowest BCUT2D eigenvalue weighted by atomic mass is 10.1. The first-order valence-corrected chi connectivity index (χ1v) is 7.88. The zero-order chi connectivity index (χ0) is 15.7. The molecule has 2 saturated heterocycles. The number of rotatable bonds is 3. The van der Waals surface area contributed by atoms with Gasteiger partial charge in [-0.3, -0.25) is 14.5 Å². The lowest BCUT2D eigenvalue weighted by Gasteiger charge is -2.41. The van der Waals surface area contributed by atoms with Gasteiger partial charge in [-0.15, -0.1) is 0 Å². The van der Waals surface area contributed by atoms with Crippen LogP contribution in [0.2, 0.25) is 5.02 Å². The van der Waals surface area contributed by atoms with Crippen molar-refractivity contribution in [3.63, 3.8) is 0 Å². The number of anilines is 1. The molecule has 0 unspecified atom stereocenters. The highest BCUT2D eigenvalue weighted by Crippen LogP contribution is 2.25. The fourth-order valence-electron chi connectivity index (χ4n) is 3.16. The van der Waals surface area contributed by atoms with Crippen molar-refractivity contribution in [1.29, 1.82) is 0 Å². The maximum absolute atomic E-state index is 12.3. The van der Waals surface area contributed by atoms with Gasteiger partial charge in [0.1, 0.15) is 5.82 Å². The molecule has 22 heavy (non-hydrogen) atoms. The van der Waals surface area contributed by atoms with Crippen molar-refractivity contribution in [3.05, 3.63) is 23.4 Å². The van der Waals surface area contributed by atoms with Crippen LogP contribution in [0.5, 0.6) is 0 Å². The van der Waals surface area contributed by atoms with Crippen LogP contribution in [0.15, 0.2) is 18.3 Å². The molecule has 1 aromatic heterocycles. The lowest BCUT2D eigenvalue weighted by molar-refractivity contribution is -0.143. The summed E-state index contributed by atoms with van der Waals surface area (Å²) >= 11 is 5.77. The van der Waals surface area contributed by atoms with E-state index in [2.05, 4.69) is 10.3 Å². The summed E-state index contributed by atoms with van der Waals surface area (Å²) in [6, 6.07) is 3.33. The second kappa shape index (κ2) is 6.22. The molecular formula is C15H19ClN4O2. The van der Waals surface area contributed by atoms with E-state index in [0.717, 1.165) is 25.9 Å². The van der Waals surface area contributed by atoms with Crippen LogP contribution in [0.3, 0.4) is 0 Å². The normalized spacial score (nSPS) is 25.2. The molecule has 0 saturated carbocycles. The monoisotopic (exact) mass is 322 g/mol. The second-order valence-corrected chi connectivity index (χ2v) is 6.28. The fourth-order valence-corrected chi connectivity index (χ4v) is 3.27. The molecule has 0 aromatic carbocycles. The first-order chi connectivity index (χ1) is 10.5. The second-order valence-electron chi connectivity index (χ2n) is 5.84. The molecule has 2 amide bonds. The van der Waals surface area contributed by atoms with Crippen molar-refractivity contribution in [1.82, 2.24) is 14.8 Å². The van der Waals surface area contributed by atoms with Gasteiger partial charge in [0.2, 0.25) is 11.8 Å². The number of amides is 2. The number of hydrogen-bond acceptors (Lipinski definition) is 4. The molecule has 2 atom stereocenters. The number of aromatic nitrogens is 1. The summed E-state index contributed by atoms with van der Waals surface area (Å²) in [4.78, 5) is 32.4. The van der Waals surface area contributed by atoms with Gasteiger partial charge in [0.05, 0.1) is 17.6 Å². The highest BCUT2D eigenvalue weighted by molar-refractivity contribution is 6.30. The largest absolute Gasteiger partial charge is 0.337 e. The minimum absolute atomic E-state index is 0.131. The molecule has 0 bridgehead atoms. The Balaban J connectivity index is 1.61. The average Bonchev–Trinajstić information content (AvgIpc) is 2.95. The Morgan fingerprint density at radius 1 is 1.50 bits per heavy atom. The van der Waals surface area contributed by atoms with Crippen LogP contribution in [0.25, 0.3) is 0 Å². The number of carbonyl (C=O) groups excluding carboxylic acids is 2. The van der Waals surface area contributed by atoms with Crippen LogP contribution >= 0.6 is 11.6 Å². The number of piperazine rings is 1. The number of nitrogens with one attached hydrogen (secondary N) is 1. The van der Waals surface area contributed by atoms with Crippen LogP contribution in [0.1, 0.15) is 19.8 Å². The maximum atomic E-state index is 12.3. The number of nitrogens with zero attached hydrogens (tertiary/aromatic N) is 3. The lowest BCUT2D eigenvalue weighted by Crippen LogP contribution is -2.59. The Bertz CT molecular complexity index is 577. The van der Waals surface area contributed by atoms with Crippen LogP contribution < -0.4 is 5.32 Å². The predicted molar refractivity (Wildman–Crippen MR) is 83.6 cm³/mol. The van der Waals surface area contributed by atoms with Gasteiger partial charge in [0.15, 0.2) is 0 Å². The Morgan fingerprint density at radius 2 is 2.32 bits per heavy atom. The van der Waals surface area contributed by atoms with Crippen molar-refractivity contribution in [2.24, 2.45) is 0 Å². The van der Waals surface area contributed by atoms with Gasteiger partial charge in [-0.1, -0.05) is 11.6 Å². The van der Waals surface area contributed by atoms with E-state index in [0.29, 0.717) is 10.8 Å². The predicted octanol–water partition coefficient (Wildman–Crippen LogP) is 1.37. The van der Waals surface area contributed by atoms with Crippen molar-refractivity contribution >= 4 is 29.2 Å². The molecule has 0 aliphatic carbocycles. The quantitative estimate of drug-likeness (QED) is 0.913. The summed E-state index contributed by atoms with van der Waals surface area (Å²) in [5.41, 5.74) is 0. The van der Waals surface area contributed by atoms with Crippen molar-refractivity contribution in [3.8, 4) is 0 Å². The average molecular weight is 323 g/mol. The highest BCUT2D eigenvalue weighted by atomic mass is 35.5. The van der Waals surface area contributed by atoms with E-state index in [4.69, 9.17) is 11.6 Å². The van der Waals surface area contributed by atoms with Crippen molar-refractivity contribution in [2.75, 3.05) is 25.0 Å². The first kappa shape index (κ1) is 15.2. The van der Waals surface area contributed by atoms with Gasteiger partial charge in [-0.25, -0.2) is 4.98 Å². The zero-order valence-corrected chi connectivity index (χ0v) is 13.2. The smallest absolute Gasteiger partial charge is 0.239 e. The molecule has 1 N–H and O–H groups in total. The first-order valence-electron chi connectivity index (χ1n) is 7.50. The van der Waals surface area contributed by atoms with Crippen LogP contribution in [0.4, 0.5) is 5.82 Å². The molecule has 2 aliphatic rings. The molecule has 0 spiro atoms. The van der Waals surface area contributed by atoms with E-state index in [9.17, 15) is 9.59 Å². The van der Waals surface area contributed by atoms with Crippen LogP contribution in [-0.4, -0.2) is 58.3 Å². The number of carbonyl (C=O) groups is 2. The third-order valence-electron chi connectivity index (χ3n) is 4.35. The standard InChI is InChI=1S/C15H19ClN4O2/c1-10-15(22)20-6-2-3-12(20)8-19(10)9-14(21)18-13-5-4-11(16)7-17-13/h4-5,7,10,12H,2-3,6,8-9H2,1H3,(H,17,18,21)/t10-,12+/m0/s1. The topological polar surface area (TPSA) is 65.5 Å². The number of fused-ring (bicyclic) bond motifs is 1. The summed E-state index contributed by atoms with van der Waals surface area (Å²) in [6.45, 7) is 3.67. The minimum atomic E-state index is -0.252. The SMILES string of the molecule is C[C@H]1C(=O)N2CCC[C@@H]2CN1CC(=O)Nc1ccc(Cl)cn1. The zero-order valence-electron chi connectivity index (χ0n) is 12.5. The van der Waals surface area contributed by atoms with Crippen LogP contribution in [0, 0.1) is 0 Å². The Hall–Kier alpha value is -1.66. The van der Waals surface area contributed by atoms with Gasteiger partial charge in [-0.2, -0.15) is 0 Å². The summed E-state index contributed by atoms with van der Waals surface area (Å²) in [7, 11) is 0. The fraction of sp³-hybridized carbons (Fsp3) is 0.533. The van der Waals surface area contributed by atoms with Crippen molar-refractivity contribution < 1.29 is 9.59 Å². The molecule has 2 fully saturated rings. The van der Waals surface area contributed by atoms with E-state index in [1.165, 1.54) is 6.20 Å². The molecule has 7 heteroatoms. The summed E-state index contributed by atoms with van der Waals surface area (Å²) in [6.07, 6.45) is 3.56. The summed E-state index contributed by atoms with van der Waals surface area (Å²) < 4.78 is 0. The number of halogens is 1. The number of hydrogen-bond donors (Lipinski definition) is 1. The number of pyridine rings is 1. The van der Waals surface area contributed by atoms with E-state index < -0.39 is 0 Å².